The predicted octanol–water partition coefficient (Wildman–Crippen LogP) is 3.05. The number of Topliss-reactive ketones (excluding diaryl/α,β-unsaturated/α-hetero) is 1. The van der Waals surface area contributed by atoms with Crippen molar-refractivity contribution in [3.63, 3.8) is 0 Å². The summed E-state index contributed by atoms with van der Waals surface area (Å²) in [5.74, 6) is -0.683. The molecule has 0 atom stereocenters. The van der Waals surface area contributed by atoms with Crippen molar-refractivity contribution in [2.24, 2.45) is 0 Å². The van der Waals surface area contributed by atoms with Crippen molar-refractivity contribution in [1.29, 1.82) is 5.26 Å². The zero-order valence-electron chi connectivity index (χ0n) is 12.9. The highest BCUT2D eigenvalue weighted by Crippen LogP contribution is 2.16. The fourth-order valence-corrected chi connectivity index (χ4v) is 1.91. The van der Waals surface area contributed by atoms with Gasteiger partial charge in [0.1, 0.15) is 17.4 Å². The van der Waals surface area contributed by atoms with E-state index in [4.69, 9.17) is 5.26 Å². The lowest BCUT2D eigenvalue weighted by Gasteiger charge is -2.06. The molecule has 2 rings (SSSR count). The van der Waals surface area contributed by atoms with E-state index in [1.54, 1.807) is 42.5 Å². The Morgan fingerprint density at radius 1 is 1.12 bits per heavy atom. The molecule has 1 amide bonds. The molecule has 24 heavy (non-hydrogen) atoms. The minimum atomic E-state index is -0.613. The van der Waals surface area contributed by atoms with E-state index >= 15 is 0 Å². The number of ketones is 1. The molecule has 0 radical (unpaired) electrons. The van der Waals surface area contributed by atoms with Crippen LogP contribution in [0.5, 0.6) is 5.75 Å². The van der Waals surface area contributed by atoms with Gasteiger partial charge in [0.15, 0.2) is 5.78 Å². The van der Waals surface area contributed by atoms with Gasteiger partial charge in [0.2, 0.25) is 0 Å². The molecule has 0 aliphatic carbocycles. The Morgan fingerprint density at radius 3 is 2.50 bits per heavy atom. The van der Waals surface area contributed by atoms with E-state index in [-0.39, 0.29) is 17.1 Å². The summed E-state index contributed by atoms with van der Waals surface area (Å²) in [4.78, 5) is 23.4. The van der Waals surface area contributed by atoms with E-state index < -0.39 is 5.91 Å². The second-order valence-corrected chi connectivity index (χ2v) is 4.96. The molecule has 0 unspecified atom stereocenters. The summed E-state index contributed by atoms with van der Waals surface area (Å²) in [6.07, 6.45) is 1.26. The van der Waals surface area contributed by atoms with Gasteiger partial charge in [-0.1, -0.05) is 18.2 Å². The maximum absolute atomic E-state index is 12.1. The molecule has 0 fully saturated rings. The highest BCUT2D eigenvalue weighted by atomic mass is 16.3. The van der Waals surface area contributed by atoms with Crippen LogP contribution < -0.4 is 10.6 Å². The van der Waals surface area contributed by atoms with Gasteiger partial charge in [0.25, 0.3) is 5.91 Å². The molecular weight excluding hydrogens is 306 g/mol. The van der Waals surface area contributed by atoms with Crippen molar-refractivity contribution in [3.05, 3.63) is 65.9 Å². The standard InChI is InChI=1S/C18H15N3O3/c1-12(22)13-4-2-5-15(8-13)20-11-14(10-19)18(24)21-16-6-3-7-17(23)9-16/h2-9,11,20,23H,1H3,(H,21,24)/b14-11-. The number of rotatable bonds is 5. The minimum Gasteiger partial charge on any atom is -0.508 e. The first kappa shape index (κ1) is 16.8. The maximum Gasteiger partial charge on any atom is 0.267 e. The van der Waals surface area contributed by atoms with Crippen molar-refractivity contribution >= 4 is 23.1 Å². The van der Waals surface area contributed by atoms with Crippen LogP contribution >= 0.6 is 0 Å². The van der Waals surface area contributed by atoms with Crippen LogP contribution in [0.25, 0.3) is 0 Å². The second-order valence-electron chi connectivity index (χ2n) is 4.96. The first-order valence-corrected chi connectivity index (χ1v) is 7.08. The number of anilines is 2. The van der Waals surface area contributed by atoms with Crippen LogP contribution in [0.1, 0.15) is 17.3 Å². The highest BCUT2D eigenvalue weighted by molar-refractivity contribution is 6.06. The predicted molar refractivity (Wildman–Crippen MR) is 90.5 cm³/mol. The number of aromatic hydroxyl groups is 1. The Kier molecular flexibility index (Phi) is 5.32. The first-order chi connectivity index (χ1) is 11.5. The number of phenols is 1. The molecule has 2 aromatic carbocycles. The summed E-state index contributed by atoms with van der Waals surface area (Å²) in [7, 11) is 0. The maximum atomic E-state index is 12.1. The van der Waals surface area contributed by atoms with Crippen LogP contribution in [0, 0.1) is 11.3 Å². The number of phenolic OH excluding ortho intramolecular Hbond substituents is 1. The van der Waals surface area contributed by atoms with Crippen LogP contribution in [0.15, 0.2) is 60.3 Å². The zero-order chi connectivity index (χ0) is 17.5. The Labute approximate surface area is 139 Å². The number of nitriles is 1. The quantitative estimate of drug-likeness (QED) is 0.446. The summed E-state index contributed by atoms with van der Waals surface area (Å²) >= 11 is 0. The number of carbonyl (C=O) groups excluding carboxylic acids is 2. The molecule has 0 saturated carbocycles. The third-order valence-electron chi connectivity index (χ3n) is 3.12. The average Bonchev–Trinajstić information content (AvgIpc) is 2.55. The third-order valence-corrected chi connectivity index (χ3v) is 3.12. The normalized spacial score (nSPS) is 10.6. The Balaban J connectivity index is 2.11. The number of carbonyl (C=O) groups is 2. The van der Waals surface area contributed by atoms with Gasteiger partial charge in [0, 0.05) is 29.2 Å². The molecule has 2 aromatic rings. The van der Waals surface area contributed by atoms with E-state index in [9.17, 15) is 14.7 Å². The number of amides is 1. The first-order valence-electron chi connectivity index (χ1n) is 7.08. The van der Waals surface area contributed by atoms with E-state index in [0.29, 0.717) is 16.9 Å². The van der Waals surface area contributed by atoms with Gasteiger partial charge < -0.3 is 15.7 Å². The summed E-state index contributed by atoms with van der Waals surface area (Å²) < 4.78 is 0. The Morgan fingerprint density at radius 2 is 1.83 bits per heavy atom. The SMILES string of the molecule is CC(=O)c1cccc(N/C=C(/C#N)C(=O)Nc2cccc(O)c2)c1. The number of nitrogens with zero attached hydrogens (tertiary/aromatic N) is 1. The number of nitrogens with one attached hydrogen (secondary N) is 2. The Hall–Kier alpha value is -3.59. The van der Waals surface area contributed by atoms with E-state index in [2.05, 4.69) is 10.6 Å². The fraction of sp³-hybridized carbons (Fsp3) is 0.0556. The van der Waals surface area contributed by atoms with Gasteiger partial charge in [-0.15, -0.1) is 0 Å². The van der Waals surface area contributed by atoms with Gasteiger partial charge in [-0.05, 0) is 31.2 Å². The van der Waals surface area contributed by atoms with Crippen molar-refractivity contribution in [2.45, 2.75) is 6.92 Å². The molecule has 3 N–H and O–H groups in total. The largest absolute Gasteiger partial charge is 0.508 e. The van der Waals surface area contributed by atoms with E-state index in [0.717, 1.165) is 0 Å². The monoisotopic (exact) mass is 321 g/mol. The molecule has 0 saturated heterocycles. The van der Waals surface area contributed by atoms with E-state index in [1.165, 1.54) is 25.3 Å². The van der Waals surface area contributed by atoms with Gasteiger partial charge in [-0.25, -0.2) is 0 Å². The zero-order valence-corrected chi connectivity index (χ0v) is 12.9. The van der Waals surface area contributed by atoms with Crippen molar-refractivity contribution in [1.82, 2.24) is 0 Å². The van der Waals surface area contributed by atoms with Gasteiger partial charge in [0.05, 0.1) is 0 Å². The molecular formula is C18H15N3O3. The Bertz CT molecular complexity index is 851. The summed E-state index contributed by atoms with van der Waals surface area (Å²) in [5, 5.41) is 23.8. The topological polar surface area (TPSA) is 102 Å². The van der Waals surface area contributed by atoms with Crippen molar-refractivity contribution < 1.29 is 14.7 Å². The lowest BCUT2D eigenvalue weighted by Crippen LogP contribution is -2.14. The molecule has 6 heteroatoms. The number of benzene rings is 2. The van der Waals surface area contributed by atoms with Gasteiger partial charge in [-0.2, -0.15) is 5.26 Å². The van der Waals surface area contributed by atoms with Crippen LogP contribution in [0.2, 0.25) is 0 Å². The molecule has 0 aliphatic heterocycles. The minimum absolute atomic E-state index is 0.00876. The van der Waals surface area contributed by atoms with Crippen LogP contribution in [0.3, 0.4) is 0 Å². The highest BCUT2D eigenvalue weighted by Gasteiger charge is 2.09. The van der Waals surface area contributed by atoms with Gasteiger partial charge >= 0.3 is 0 Å². The smallest absolute Gasteiger partial charge is 0.267 e. The molecule has 0 aromatic heterocycles. The van der Waals surface area contributed by atoms with Crippen LogP contribution in [-0.2, 0) is 4.79 Å². The molecule has 6 nitrogen and oxygen atoms in total. The lowest BCUT2D eigenvalue weighted by molar-refractivity contribution is -0.112. The molecule has 0 bridgehead atoms. The van der Waals surface area contributed by atoms with Crippen molar-refractivity contribution in [3.8, 4) is 11.8 Å². The third kappa shape index (κ3) is 4.45. The van der Waals surface area contributed by atoms with Crippen LogP contribution in [0.4, 0.5) is 11.4 Å². The number of hydrogen-bond acceptors (Lipinski definition) is 5. The van der Waals surface area contributed by atoms with Crippen LogP contribution in [-0.4, -0.2) is 16.8 Å². The molecule has 120 valence electrons. The van der Waals surface area contributed by atoms with Crippen molar-refractivity contribution in [2.75, 3.05) is 10.6 Å². The summed E-state index contributed by atoms with van der Waals surface area (Å²) in [5.41, 5.74) is 1.34. The van der Waals surface area contributed by atoms with E-state index in [1.807, 2.05) is 0 Å². The molecule has 0 aliphatic rings. The van der Waals surface area contributed by atoms with Gasteiger partial charge in [-0.3, -0.25) is 9.59 Å². The average molecular weight is 321 g/mol. The lowest BCUT2D eigenvalue weighted by atomic mass is 10.1. The second kappa shape index (κ2) is 7.61. The molecule has 0 heterocycles. The number of hydrogen-bond donors (Lipinski definition) is 3. The fourth-order valence-electron chi connectivity index (χ4n) is 1.91. The summed E-state index contributed by atoms with van der Waals surface area (Å²) in [6.45, 7) is 1.46. The summed E-state index contributed by atoms with van der Waals surface area (Å²) in [6, 6.07) is 14.5. The molecule has 0 spiro atoms.